The second-order valence-electron chi connectivity index (χ2n) is 7.15. The molecule has 1 aromatic carbocycles. The number of nitrogens with zero attached hydrogens (tertiary/aromatic N) is 3. The monoisotopic (exact) mass is 426 g/mol. The molecule has 2 aromatic rings. The van der Waals surface area contributed by atoms with E-state index in [2.05, 4.69) is 15.6 Å². The quantitative estimate of drug-likeness (QED) is 0.667. The van der Waals surface area contributed by atoms with E-state index in [1.165, 1.54) is 12.8 Å². The zero-order valence-corrected chi connectivity index (χ0v) is 17.6. The predicted octanol–water partition coefficient (Wildman–Crippen LogP) is 3.05. The minimum absolute atomic E-state index is 0.145. The van der Waals surface area contributed by atoms with Crippen molar-refractivity contribution in [1.29, 1.82) is 0 Å². The summed E-state index contributed by atoms with van der Waals surface area (Å²) in [5.74, 6) is 1.70. The van der Waals surface area contributed by atoms with Gasteiger partial charge in [0.25, 0.3) is 0 Å². The summed E-state index contributed by atoms with van der Waals surface area (Å²) in [7, 11) is 0. The summed E-state index contributed by atoms with van der Waals surface area (Å²) in [5, 5.41) is 0.975. The SMILES string of the molecule is C[As]Cc1cc(C(=O)N2CCN(C3CC3)CC2)ccc1Oc1cccnc1. The van der Waals surface area contributed by atoms with Gasteiger partial charge in [-0.25, -0.2) is 0 Å². The first-order chi connectivity index (χ1) is 13.2. The van der Waals surface area contributed by atoms with Crippen LogP contribution in [0, 0.1) is 0 Å². The number of carbonyl (C=O) groups is 1. The van der Waals surface area contributed by atoms with E-state index in [0.717, 1.165) is 60.1 Å². The van der Waals surface area contributed by atoms with Crippen LogP contribution in [0.3, 0.4) is 0 Å². The van der Waals surface area contributed by atoms with E-state index < -0.39 is 0 Å². The van der Waals surface area contributed by atoms with Crippen molar-refractivity contribution in [1.82, 2.24) is 14.8 Å². The molecule has 0 spiro atoms. The number of hydrogen-bond donors (Lipinski definition) is 0. The number of benzene rings is 1. The van der Waals surface area contributed by atoms with E-state index in [1.807, 2.05) is 35.2 Å². The van der Waals surface area contributed by atoms with Gasteiger partial charge in [0.2, 0.25) is 0 Å². The van der Waals surface area contributed by atoms with Gasteiger partial charge in [-0.15, -0.1) is 0 Å². The number of carbonyl (C=O) groups excluding carboxylic acids is 1. The molecular formula is C21H25AsN3O2. The van der Waals surface area contributed by atoms with Crippen molar-refractivity contribution in [2.24, 2.45) is 0 Å². The number of pyridine rings is 1. The van der Waals surface area contributed by atoms with E-state index in [-0.39, 0.29) is 21.7 Å². The number of piperazine rings is 1. The van der Waals surface area contributed by atoms with Gasteiger partial charge in [0.05, 0.1) is 0 Å². The third kappa shape index (κ3) is 4.53. The van der Waals surface area contributed by atoms with Crippen molar-refractivity contribution in [3.05, 3.63) is 53.9 Å². The number of rotatable bonds is 6. The van der Waals surface area contributed by atoms with E-state index >= 15 is 0 Å². The van der Waals surface area contributed by atoms with E-state index in [9.17, 15) is 4.79 Å². The molecule has 1 saturated carbocycles. The Morgan fingerprint density at radius 3 is 2.70 bits per heavy atom. The summed E-state index contributed by atoms with van der Waals surface area (Å²) in [6, 6.07) is 10.4. The molecule has 1 saturated heterocycles. The van der Waals surface area contributed by atoms with Gasteiger partial charge in [-0.05, 0) is 0 Å². The molecule has 2 heterocycles. The summed E-state index contributed by atoms with van der Waals surface area (Å²) >= 11 is 0.194. The average Bonchev–Trinajstić information content (AvgIpc) is 3.55. The molecule has 141 valence electrons. The van der Waals surface area contributed by atoms with Crippen LogP contribution in [0.2, 0.25) is 5.71 Å². The van der Waals surface area contributed by atoms with Crippen molar-refractivity contribution in [3.63, 3.8) is 0 Å². The molecule has 2 fully saturated rings. The molecule has 4 rings (SSSR count). The molecule has 0 unspecified atom stereocenters. The summed E-state index contributed by atoms with van der Waals surface area (Å²) < 4.78 is 6.01. The van der Waals surface area contributed by atoms with Crippen LogP contribution in [0.4, 0.5) is 0 Å². The molecule has 2 aliphatic rings. The molecule has 1 radical (unpaired) electrons. The molecule has 6 heteroatoms. The zero-order valence-electron chi connectivity index (χ0n) is 15.7. The Bertz CT molecular complexity index is 787. The molecule has 5 nitrogen and oxygen atoms in total. The fourth-order valence-corrected chi connectivity index (χ4v) is 4.79. The van der Waals surface area contributed by atoms with Crippen LogP contribution in [0.25, 0.3) is 0 Å². The van der Waals surface area contributed by atoms with Crippen LogP contribution in [0.15, 0.2) is 42.7 Å². The van der Waals surface area contributed by atoms with Gasteiger partial charge in [0, 0.05) is 0 Å². The minimum atomic E-state index is 0.145. The van der Waals surface area contributed by atoms with Gasteiger partial charge < -0.3 is 0 Å². The first-order valence-corrected chi connectivity index (χ1v) is 12.7. The molecule has 0 bridgehead atoms. The Morgan fingerprint density at radius 2 is 2.04 bits per heavy atom. The second kappa shape index (κ2) is 8.45. The topological polar surface area (TPSA) is 45.7 Å². The molecule has 0 atom stereocenters. The van der Waals surface area contributed by atoms with Crippen LogP contribution in [0.5, 0.6) is 11.5 Å². The van der Waals surface area contributed by atoms with Crippen LogP contribution < -0.4 is 4.74 Å². The maximum atomic E-state index is 13.0. The summed E-state index contributed by atoms with van der Waals surface area (Å²) in [6.45, 7) is 3.67. The van der Waals surface area contributed by atoms with Crippen molar-refractivity contribution in [2.45, 2.75) is 29.8 Å². The Morgan fingerprint density at radius 1 is 1.22 bits per heavy atom. The van der Waals surface area contributed by atoms with Gasteiger partial charge in [0.1, 0.15) is 0 Å². The van der Waals surface area contributed by atoms with Gasteiger partial charge in [0.15, 0.2) is 0 Å². The first-order valence-electron chi connectivity index (χ1n) is 9.54. The third-order valence-corrected chi connectivity index (χ3v) is 6.54. The fraction of sp³-hybridized carbons (Fsp3) is 0.429. The van der Waals surface area contributed by atoms with Crippen molar-refractivity contribution in [3.8, 4) is 11.5 Å². The molecular weight excluding hydrogens is 401 g/mol. The molecule has 27 heavy (non-hydrogen) atoms. The van der Waals surface area contributed by atoms with Crippen molar-refractivity contribution < 1.29 is 9.53 Å². The maximum absolute atomic E-state index is 13.0. The van der Waals surface area contributed by atoms with Crippen molar-refractivity contribution in [2.75, 3.05) is 26.2 Å². The summed E-state index contributed by atoms with van der Waals surface area (Å²) in [5.41, 5.74) is 4.12. The van der Waals surface area contributed by atoms with E-state index in [4.69, 9.17) is 4.74 Å². The number of ether oxygens (including phenoxy) is 1. The second-order valence-corrected chi connectivity index (χ2v) is 9.14. The van der Waals surface area contributed by atoms with E-state index in [0.29, 0.717) is 0 Å². The Kier molecular flexibility index (Phi) is 5.80. The van der Waals surface area contributed by atoms with Crippen LogP contribution in [-0.2, 0) is 5.21 Å². The number of aromatic nitrogens is 1. The first kappa shape index (κ1) is 18.5. The number of amides is 1. The zero-order chi connectivity index (χ0) is 18.6. The van der Waals surface area contributed by atoms with Crippen molar-refractivity contribution >= 4 is 21.7 Å². The normalized spacial score (nSPS) is 18.2. The summed E-state index contributed by atoms with van der Waals surface area (Å²) in [4.78, 5) is 21.6. The fourth-order valence-electron chi connectivity index (χ4n) is 3.55. The van der Waals surface area contributed by atoms with E-state index in [1.54, 1.807) is 12.4 Å². The molecule has 1 aliphatic heterocycles. The predicted molar refractivity (Wildman–Crippen MR) is 107 cm³/mol. The molecule has 0 N–H and O–H groups in total. The van der Waals surface area contributed by atoms with Gasteiger partial charge >= 0.3 is 167 Å². The standard InChI is InChI=1S/C21H25AsN3O2/c1-22-14-17-13-16(4-7-20(17)27-19-3-2-8-23-15-19)21(26)25-11-9-24(10-12-25)18-5-6-18/h2-4,7-8,13,15,18H,5-6,9-12,14H2,1H3. The molecule has 1 amide bonds. The van der Waals surface area contributed by atoms with Crippen LogP contribution in [-0.4, -0.2) is 68.7 Å². The average molecular weight is 426 g/mol. The third-order valence-electron chi connectivity index (χ3n) is 5.16. The molecule has 1 aromatic heterocycles. The van der Waals surface area contributed by atoms with Gasteiger partial charge in [-0.2, -0.15) is 0 Å². The van der Waals surface area contributed by atoms with Crippen LogP contribution in [0.1, 0.15) is 28.8 Å². The number of hydrogen-bond acceptors (Lipinski definition) is 4. The summed E-state index contributed by atoms with van der Waals surface area (Å²) in [6.07, 6.45) is 6.10. The van der Waals surface area contributed by atoms with Crippen LogP contribution >= 0.6 is 0 Å². The molecule has 1 aliphatic carbocycles. The Balaban J connectivity index is 1.47. The Hall–Kier alpha value is -1.84. The van der Waals surface area contributed by atoms with Gasteiger partial charge in [-0.1, -0.05) is 0 Å². The van der Waals surface area contributed by atoms with Gasteiger partial charge in [-0.3, -0.25) is 0 Å². The Labute approximate surface area is 167 Å².